The molecule has 7 rings (SSSR count). The molecule has 2 saturated heterocycles. The topological polar surface area (TPSA) is 75.2 Å². The summed E-state index contributed by atoms with van der Waals surface area (Å²) in [6.45, 7) is 4.11. The van der Waals surface area contributed by atoms with Crippen molar-refractivity contribution in [3.05, 3.63) is 70.8 Å². The molecule has 2 saturated carbocycles. The highest BCUT2D eigenvalue weighted by molar-refractivity contribution is 5.80. The Labute approximate surface area is 334 Å². The molecule has 2 aromatic carbocycles. The van der Waals surface area contributed by atoms with E-state index in [0.717, 1.165) is 76.7 Å². The van der Waals surface area contributed by atoms with Crippen molar-refractivity contribution in [2.45, 2.75) is 139 Å². The third-order valence-corrected chi connectivity index (χ3v) is 13.6. The summed E-state index contributed by atoms with van der Waals surface area (Å²) < 4.78 is 82.8. The average molecular weight is 802 g/mol. The second-order valence-corrected chi connectivity index (χ2v) is 17.6. The molecule has 57 heavy (non-hydrogen) atoms. The van der Waals surface area contributed by atoms with E-state index < -0.39 is 23.5 Å². The number of hydrogen-bond acceptors (Lipinski definition) is 5. The first-order valence-corrected chi connectivity index (χ1v) is 21.6. The van der Waals surface area contributed by atoms with Crippen LogP contribution in [0.4, 0.5) is 26.3 Å². The molecule has 7 nitrogen and oxygen atoms in total. The fourth-order valence-electron chi connectivity index (χ4n) is 10.6. The molecule has 3 N–H and O–H groups in total. The molecule has 3 heterocycles. The summed E-state index contributed by atoms with van der Waals surface area (Å²) in [7, 11) is 0. The molecule has 1 unspecified atom stereocenters. The molecule has 314 valence electrons. The highest BCUT2D eigenvalue weighted by atomic mass is 19.4. The van der Waals surface area contributed by atoms with Gasteiger partial charge in [0.2, 0.25) is 0 Å². The molecular formula is C44H61F6N7. The SMILES string of the molecule is N=C1N(CCc2cc(C(F)(F)F)cc(C(F)(F)F)c2)[C@H](CC2CCCCC2)CN1[C@H](CC1CCCCC1)CN1CCCC1CN1C(N)=NC[C@@H]1Cc1ccccc1. The number of halogens is 6. The maximum Gasteiger partial charge on any atom is 0.416 e. The van der Waals surface area contributed by atoms with Gasteiger partial charge in [-0.1, -0.05) is 94.5 Å². The fraction of sp³-hybridized carbons (Fsp3) is 0.682. The molecule has 5 aliphatic rings. The summed E-state index contributed by atoms with van der Waals surface area (Å²) in [6, 6.07) is 12.9. The minimum absolute atomic E-state index is 0.00512. The summed E-state index contributed by atoms with van der Waals surface area (Å²) in [5, 5.41) is 9.71. The Morgan fingerprint density at radius 3 is 2.04 bits per heavy atom. The second kappa shape index (κ2) is 18.2. The van der Waals surface area contributed by atoms with Crippen LogP contribution in [0.3, 0.4) is 0 Å². The lowest BCUT2D eigenvalue weighted by Gasteiger charge is -2.39. The van der Waals surface area contributed by atoms with Gasteiger partial charge in [0.15, 0.2) is 11.9 Å². The molecule has 4 fully saturated rings. The van der Waals surface area contributed by atoms with Gasteiger partial charge in [0.1, 0.15) is 0 Å². The monoisotopic (exact) mass is 801 g/mol. The van der Waals surface area contributed by atoms with E-state index in [1.54, 1.807) is 0 Å². The van der Waals surface area contributed by atoms with Crippen molar-refractivity contribution < 1.29 is 26.3 Å². The predicted molar refractivity (Wildman–Crippen MR) is 213 cm³/mol. The molecular weight excluding hydrogens is 741 g/mol. The highest BCUT2D eigenvalue weighted by Gasteiger charge is 2.43. The first-order valence-electron chi connectivity index (χ1n) is 21.6. The molecule has 2 aliphatic carbocycles. The second-order valence-electron chi connectivity index (χ2n) is 17.6. The summed E-state index contributed by atoms with van der Waals surface area (Å²) in [5.41, 5.74) is 5.22. The molecule has 0 spiro atoms. The molecule has 0 radical (unpaired) electrons. The maximum absolute atomic E-state index is 13.8. The van der Waals surface area contributed by atoms with Crippen LogP contribution in [0.25, 0.3) is 0 Å². The number of hydrogen-bond donors (Lipinski definition) is 2. The van der Waals surface area contributed by atoms with Crippen LogP contribution < -0.4 is 5.73 Å². The van der Waals surface area contributed by atoms with E-state index in [-0.39, 0.29) is 42.7 Å². The van der Waals surface area contributed by atoms with Gasteiger partial charge in [-0.25, -0.2) is 0 Å². The summed E-state index contributed by atoms with van der Waals surface area (Å²) in [6.07, 6.45) is 6.90. The standard InChI is InChI=1S/C44H61F6N7/c45-43(46,47)35-21-34(22-36(26-35)44(48,49)50)18-20-55-40(25-33-15-8-3-9-16-33)30-57(42(55)52)39(24-32-13-6-2-7-14-32)28-54-19-10-17-37(54)29-56-38(27-53-41(56)51)23-31-11-4-1-5-12-31/h1,4-5,11-12,21-22,26,32-33,37-40,52H,2-3,6-10,13-20,23-25,27-30H2,(H2,51,53)/t37?,38-,39+,40+/m0/s1. The number of guanidine groups is 2. The number of benzene rings is 2. The van der Waals surface area contributed by atoms with Crippen molar-refractivity contribution in [1.29, 1.82) is 5.41 Å². The summed E-state index contributed by atoms with van der Waals surface area (Å²) >= 11 is 0. The van der Waals surface area contributed by atoms with E-state index in [1.807, 2.05) is 11.0 Å². The lowest BCUT2D eigenvalue weighted by Crippen LogP contribution is -2.52. The zero-order valence-corrected chi connectivity index (χ0v) is 33.2. The van der Waals surface area contributed by atoms with E-state index in [9.17, 15) is 31.8 Å². The maximum atomic E-state index is 13.8. The molecule has 13 heteroatoms. The van der Waals surface area contributed by atoms with Gasteiger partial charge >= 0.3 is 12.4 Å². The van der Waals surface area contributed by atoms with Crippen LogP contribution in [0.5, 0.6) is 0 Å². The Balaban J connectivity index is 1.11. The fourth-order valence-corrected chi connectivity index (χ4v) is 10.6. The van der Waals surface area contributed by atoms with Crippen LogP contribution >= 0.6 is 0 Å². The largest absolute Gasteiger partial charge is 0.416 e. The number of rotatable bonds is 14. The van der Waals surface area contributed by atoms with Crippen LogP contribution in [-0.2, 0) is 25.2 Å². The van der Waals surface area contributed by atoms with Crippen LogP contribution in [0.1, 0.15) is 112 Å². The molecule has 0 bridgehead atoms. The molecule has 2 aromatic rings. The lowest BCUT2D eigenvalue weighted by molar-refractivity contribution is -0.143. The Kier molecular flexibility index (Phi) is 13.3. The van der Waals surface area contributed by atoms with Gasteiger partial charge in [-0.3, -0.25) is 15.3 Å². The zero-order valence-electron chi connectivity index (χ0n) is 33.2. The van der Waals surface area contributed by atoms with Gasteiger partial charge < -0.3 is 20.4 Å². The van der Waals surface area contributed by atoms with Gasteiger partial charge in [0.25, 0.3) is 0 Å². The first-order chi connectivity index (χ1) is 27.3. The van der Waals surface area contributed by atoms with E-state index in [4.69, 9.17) is 5.73 Å². The summed E-state index contributed by atoms with van der Waals surface area (Å²) in [4.78, 5) is 13.9. The minimum Gasteiger partial charge on any atom is -0.370 e. The van der Waals surface area contributed by atoms with Crippen molar-refractivity contribution in [2.24, 2.45) is 22.6 Å². The first kappa shape index (κ1) is 41.7. The Morgan fingerprint density at radius 2 is 1.39 bits per heavy atom. The van der Waals surface area contributed by atoms with Crippen LogP contribution in [0.15, 0.2) is 53.5 Å². The summed E-state index contributed by atoms with van der Waals surface area (Å²) in [5.74, 6) is 2.04. The van der Waals surface area contributed by atoms with Gasteiger partial charge in [0.05, 0.1) is 23.7 Å². The number of nitrogens with one attached hydrogen (secondary N) is 1. The third kappa shape index (κ3) is 10.6. The predicted octanol–water partition coefficient (Wildman–Crippen LogP) is 9.20. The highest BCUT2D eigenvalue weighted by Crippen LogP contribution is 2.38. The van der Waals surface area contributed by atoms with E-state index in [2.05, 4.69) is 44.0 Å². The Morgan fingerprint density at radius 1 is 0.737 bits per heavy atom. The van der Waals surface area contributed by atoms with Gasteiger partial charge in [0, 0.05) is 44.3 Å². The van der Waals surface area contributed by atoms with Crippen molar-refractivity contribution in [1.82, 2.24) is 19.6 Å². The smallest absolute Gasteiger partial charge is 0.370 e. The van der Waals surface area contributed by atoms with E-state index >= 15 is 0 Å². The van der Waals surface area contributed by atoms with E-state index in [0.29, 0.717) is 42.9 Å². The number of likely N-dealkylation sites (tertiary alicyclic amines) is 1. The van der Waals surface area contributed by atoms with Crippen molar-refractivity contribution in [3.8, 4) is 0 Å². The Hall–Kier alpha value is -3.48. The van der Waals surface area contributed by atoms with Crippen LogP contribution in [0, 0.1) is 17.2 Å². The van der Waals surface area contributed by atoms with Crippen molar-refractivity contribution in [2.75, 3.05) is 39.3 Å². The normalized spacial score (nSPS) is 25.2. The quantitative estimate of drug-likeness (QED) is 0.187. The van der Waals surface area contributed by atoms with Gasteiger partial charge in [-0.2, -0.15) is 26.3 Å². The number of nitrogens with zero attached hydrogens (tertiary/aromatic N) is 5. The minimum atomic E-state index is -4.90. The van der Waals surface area contributed by atoms with Crippen LogP contribution in [0.2, 0.25) is 0 Å². The van der Waals surface area contributed by atoms with Crippen molar-refractivity contribution in [3.63, 3.8) is 0 Å². The average Bonchev–Trinajstić information content (AvgIpc) is 3.87. The number of nitrogens with two attached hydrogens (primary N) is 1. The lowest BCUT2D eigenvalue weighted by atomic mass is 9.84. The molecule has 4 atom stereocenters. The molecule has 3 aliphatic heterocycles. The van der Waals surface area contributed by atoms with Crippen molar-refractivity contribution >= 4 is 11.9 Å². The Bertz CT molecular complexity index is 1620. The van der Waals surface area contributed by atoms with E-state index in [1.165, 1.54) is 56.9 Å². The molecule has 0 aromatic heterocycles. The third-order valence-electron chi connectivity index (χ3n) is 13.6. The van der Waals surface area contributed by atoms with Crippen LogP contribution in [-0.4, -0.2) is 95.0 Å². The zero-order chi connectivity index (χ0) is 40.2. The number of alkyl halides is 6. The molecule has 0 amide bonds. The number of aliphatic imine (C=N–C) groups is 1. The van der Waals surface area contributed by atoms with Gasteiger partial charge in [-0.15, -0.1) is 0 Å². The van der Waals surface area contributed by atoms with Gasteiger partial charge in [-0.05, 0) is 86.2 Å².